The molecule has 3 nitrogen and oxygen atoms in total. The van der Waals surface area contributed by atoms with Gasteiger partial charge in [-0.25, -0.2) is 0 Å². The van der Waals surface area contributed by atoms with Gasteiger partial charge in [-0.3, -0.25) is 4.79 Å². The van der Waals surface area contributed by atoms with Crippen molar-refractivity contribution in [2.45, 2.75) is 18.3 Å². The highest BCUT2D eigenvalue weighted by molar-refractivity contribution is 9.10. The van der Waals surface area contributed by atoms with Crippen LogP contribution in [0, 0.1) is 0 Å². The molecule has 1 aromatic rings. The third kappa shape index (κ3) is 2.69. The second-order valence-electron chi connectivity index (χ2n) is 4.74. The molecule has 2 rings (SSSR count). The first-order valence-electron chi connectivity index (χ1n) is 5.77. The molecule has 0 spiro atoms. The van der Waals surface area contributed by atoms with Gasteiger partial charge in [-0.2, -0.15) is 0 Å². The van der Waals surface area contributed by atoms with Crippen LogP contribution in [0.15, 0.2) is 28.7 Å². The van der Waals surface area contributed by atoms with Crippen molar-refractivity contribution < 1.29 is 4.79 Å². The lowest BCUT2D eigenvalue weighted by atomic mass is 9.95. The van der Waals surface area contributed by atoms with E-state index in [9.17, 15) is 4.79 Å². The summed E-state index contributed by atoms with van der Waals surface area (Å²) < 4.78 is 1.09. The van der Waals surface area contributed by atoms with Crippen molar-refractivity contribution in [1.29, 1.82) is 0 Å². The number of benzene rings is 1. The summed E-state index contributed by atoms with van der Waals surface area (Å²) in [5.74, 6) is 0.00777. The summed E-state index contributed by atoms with van der Waals surface area (Å²) >= 11 is 3.44. The number of rotatable bonds is 4. The second-order valence-corrected chi connectivity index (χ2v) is 5.66. The third-order valence-corrected chi connectivity index (χ3v) is 3.98. The predicted octanol–water partition coefficient (Wildman–Crippen LogP) is 1.90. The minimum Gasteiger partial charge on any atom is -0.344 e. The van der Waals surface area contributed by atoms with Crippen LogP contribution < -0.4 is 5.73 Å². The molecule has 0 bridgehead atoms. The minimum atomic E-state index is 0.00777. The van der Waals surface area contributed by atoms with E-state index in [0.717, 1.165) is 23.9 Å². The minimum absolute atomic E-state index is 0.00777. The van der Waals surface area contributed by atoms with Crippen LogP contribution in [0.3, 0.4) is 0 Å². The van der Waals surface area contributed by atoms with Gasteiger partial charge in [0.2, 0.25) is 5.91 Å². The van der Waals surface area contributed by atoms with Gasteiger partial charge in [-0.1, -0.05) is 28.1 Å². The number of carbonyl (C=O) groups is 1. The first kappa shape index (κ1) is 12.6. The van der Waals surface area contributed by atoms with Gasteiger partial charge in [0.05, 0.1) is 6.54 Å². The SMILES string of the molecule is CN(CC1(c2ccc(Br)cc2)CC1)C(=O)CN. The molecule has 4 heteroatoms. The molecule has 1 saturated carbocycles. The largest absolute Gasteiger partial charge is 0.344 e. The Hall–Kier alpha value is -0.870. The number of nitrogens with two attached hydrogens (primary N) is 1. The van der Waals surface area contributed by atoms with Gasteiger partial charge < -0.3 is 10.6 Å². The van der Waals surface area contributed by atoms with Gasteiger partial charge in [-0.15, -0.1) is 0 Å². The van der Waals surface area contributed by atoms with Gasteiger partial charge in [0.1, 0.15) is 0 Å². The molecule has 92 valence electrons. The Labute approximate surface area is 110 Å². The van der Waals surface area contributed by atoms with Gasteiger partial charge >= 0.3 is 0 Å². The summed E-state index contributed by atoms with van der Waals surface area (Å²) in [6.07, 6.45) is 2.30. The van der Waals surface area contributed by atoms with Crippen molar-refractivity contribution >= 4 is 21.8 Å². The maximum absolute atomic E-state index is 11.5. The van der Waals surface area contributed by atoms with Crippen LogP contribution >= 0.6 is 15.9 Å². The molecule has 1 aliphatic rings. The Morgan fingerprint density at radius 2 is 2.00 bits per heavy atom. The van der Waals surface area contributed by atoms with E-state index in [1.807, 2.05) is 7.05 Å². The number of hydrogen-bond donors (Lipinski definition) is 1. The third-order valence-electron chi connectivity index (χ3n) is 3.45. The maximum atomic E-state index is 11.5. The summed E-state index contributed by atoms with van der Waals surface area (Å²) in [4.78, 5) is 13.2. The maximum Gasteiger partial charge on any atom is 0.236 e. The van der Waals surface area contributed by atoms with Crippen molar-refractivity contribution in [2.24, 2.45) is 5.73 Å². The zero-order chi connectivity index (χ0) is 12.5. The molecule has 0 atom stereocenters. The second kappa shape index (κ2) is 4.78. The molecule has 1 amide bonds. The lowest BCUT2D eigenvalue weighted by Crippen LogP contribution is -2.38. The number of hydrogen-bond acceptors (Lipinski definition) is 2. The van der Waals surface area contributed by atoms with E-state index in [1.54, 1.807) is 4.90 Å². The van der Waals surface area contributed by atoms with Crippen molar-refractivity contribution in [3.63, 3.8) is 0 Å². The fourth-order valence-corrected chi connectivity index (χ4v) is 2.45. The average molecular weight is 297 g/mol. The summed E-state index contributed by atoms with van der Waals surface area (Å²) in [7, 11) is 1.83. The van der Waals surface area contributed by atoms with Crippen molar-refractivity contribution in [3.05, 3.63) is 34.3 Å². The molecule has 0 heterocycles. The van der Waals surface area contributed by atoms with Gasteiger partial charge in [0.15, 0.2) is 0 Å². The molecule has 0 aromatic heterocycles. The van der Waals surface area contributed by atoms with Gasteiger partial charge in [-0.05, 0) is 30.5 Å². The Bertz CT molecular complexity index is 412. The van der Waals surface area contributed by atoms with Crippen LogP contribution in [-0.4, -0.2) is 30.9 Å². The lowest BCUT2D eigenvalue weighted by molar-refractivity contribution is -0.128. The van der Waals surface area contributed by atoms with E-state index in [1.165, 1.54) is 5.56 Å². The Kier molecular flexibility index (Phi) is 3.54. The van der Waals surface area contributed by atoms with Crippen molar-refractivity contribution in [1.82, 2.24) is 4.90 Å². The van der Waals surface area contributed by atoms with Crippen LogP contribution in [-0.2, 0) is 10.2 Å². The van der Waals surface area contributed by atoms with E-state index in [4.69, 9.17) is 5.73 Å². The molecule has 1 aliphatic carbocycles. The number of halogens is 1. The number of nitrogens with zero attached hydrogens (tertiary/aromatic N) is 1. The van der Waals surface area contributed by atoms with E-state index < -0.39 is 0 Å². The van der Waals surface area contributed by atoms with Crippen LogP contribution in [0.1, 0.15) is 18.4 Å². The molecule has 0 radical (unpaired) electrons. The predicted molar refractivity (Wildman–Crippen MR) is 71.7 cm³/mol. The lowest BCUT2D eigenvalue weighted by Gasteiger charge is -2.24. The first-order chi connectivity index (χ1) is 8.07. The monoisotopic (exact) mass is 296 g/mol. The number of likely N-dealkylation sites (N-methyl/N-ethyl adjacent to an activating group) is 1. The van der Waals surface area contributed by atoms with Gasteiger partial charge in [0.25, 0.3) is 0 Å². The topological polar surface area (TPSA) is 46.3 Å². The van der Waals surface area contributed by atoms with E-state index in [-0.39, 0.29) is 17.9 Å². The molecule has 0 aliphatic heterocycles. The molecule has 2 N–H and O–H groups in total. The fraction of sp³-hybridized carbons (Fsp3) is 0.462. The summed E-state index contributed by atoms with van der Waals surface area (Å²) in [5.41, 5.74) is 6.86. The molecule has 1 fully saturated rings. The quantitative estimate of drug-likeness (QED) is 0.922. The van der Waals surface area contributed by atoms with E-state index >= 15 is 0 Å². The average Bonchev–Trinajstić information content (AvgIpc) is 3.09. The molecule has 0 unspecified atom stereocenters. The van der Waals surface area contributed by atoms with Crippen LogP contribution in [0.4, 0.5) is 0 Å². The van der Waals surface area contributed by atoms with Crippen molar-refractivity contribution in [3.8, 4) is 0 Å². The first-order valence-corrected chi connectivity index (χ1v) is 6.57. The standard InChI is InChI=1S/C13H17BrN2O/c1-16(12(17)8-15)9-13(6-7-13)10-2-4-11(14)5-3-10/h2-5H,6-9,15H2,1H3. The van der Waals surface area contributed by atoms with Crippen LogP contribution in [0.5, 0.6) is 0 Å². The summed E-state index contributed by atoms with van der Waals surface area (Å²) in [6, 6.07) is 8.38. The highest BCUT2D eigenvalue weighted by Gasteiger charge is 2.45. The normalized spacial score (nSPS) is 16.6. The number of carbonyl (C=O) groups excluding carboxylic acids is 1. The molecular weight excluding hydrogens is 280 g/mol. The van der Waals surface area contributed by atoms with Crippen LogP contribution in [0.25, 0.3) is 0 Å². The highest BCUT2D eigenvalue weighted by Crippen LogP contribution is 2.48. The van der Waals surface area contributed by atoms with E-state index in [2.05, 4.69) is 40.2 Å². The zero-order valence-corrected chi connectivity index (χ0v) is 11.5. The number of amides is 1. The van der Waals surface area contributed by atoms with Crippen molar-refractivity contribution in [2.75, 3.05) is 20.1 Å². The zero-order valence-electron chi connectivity index (χ0n) is 9.95. The highest BCUT2D eigenvalue weighted by atomic mass is 79.9. The molecular formula is C13H17BrN2O. The summed E-state index contributed by atoms with van der Waals surface area (Å²) in [6.45, 7) is 0.859. The molecule has 0 saturated heterocycles. The summed E-state index contributed by atoms with van der Waals surface area (Å²) in [5, 5.41) is 0. The Morgan fingerprint density at radius 1 is 1.41 bits per heavy atom. The van der Waals surface area contributed by atoms with Gasteiger partial charge in [0, 0.05) is 23.5 Å². The molecule has 17 heavy (non-hydrogen) atoms. The molecule has 1 aromatic carbocycles. The van der Waals surface area contributed by atoms with E-state index in [0.29, 0.717) is 0 Å². The Balaban J connectivity index is 2.09. The fourth-order valence-electron chi connectivity index (χ4n) is 2.19. The Morgan fingerprint density at radius 3 is 2.47 bits per heavy atom. The smallest absolute Gasteiger partial charge is 0.236 e. The van der Waals surface area contributed by atoms with Crippen LogP contribution in [0.2, 0.25) is 0 Å².